The van der Waals surface area contributed by atoms with E-state index in [4.69, 9.17) is 11.3 Å². The maximum absolute atomic E-state index is 12.6. The minimum atomic E-state index is -0.811. The van der Waals surface area contributed by atoms with Gasteiger partial charge < -0.3 is 4.74 Å². The standard InChI is InChI=1S/C21H18N2O2/c1-3-4-12-25-21(24)17-11-7-10-16-19(17)14-8-5-6-9-15(14)20(16)18(13-22)23-2/h5-11,18,20H,3-4,12H2,1H3. The van der Waals surface area contributed by atoms with Gasteiger partial charge in [0.25, 0.3) is 0 Å². The summed E-state index contributed by atoms with van der Waals surface area (Å²) in [6.07, 6.45) is 1.79. The third-order valence-corrected chi connectivity index (χ3v) is 4.53. The molecule has 4 nitrogen and oxygen atoms in total. The van der Waals surface area contributed by atoms with Gasteiger partial charge in [-0.3, -0.25) is 4.85 Å². The van der Waals surface area contributed by atoms with Crippen molar-refractivity contribution < 1.29 is 9.53 Å². The average molecular weight is 330 g/mol. The molecule has 0 saturated carbocycles. The number of nitrogens with zero attached hydrogens (tertiary/aromatic N) is 2. The van der Waals surface area contributed by atoms with Crippen molar-refractivity contribution in [1.82, 2.24) is 0 Å². The lowest BCUT2D eigenvalue weighted by Gasteiger charge is -2.12. The fourth-order valence-electron chi connectivity index (χ4n) is 3.37. The summed E-state index contributed by atoms with van der Waals surface area (Å²) in [6.45, 7) is 9.81. The molecule has 0 fully saturated rings. The van der Waals surface area contributed by atoms with Crippen LogP contribution in [0.15, 0.2) is 42.5 Å². The molecule has 0 bridgehead atoms. The first-order valence-corrected chi connectivity index (χ1v) is 8.38. The van der Waals surface area contributed by atoms with Crippen LogP contribution in [0.5, 0.6) is 0 Å². The zero-order valence-electron chi connectivity index (χ0n) is 14.0. The third-order valence-electron chi connectivity index (χ3n) is 4.53. The number of rotatable bonds is 5. The molecule has 0 amide bonds. The zero-order valence-corrected chi connectivity index (χ0v) is 14.0. The summed E-state index contributed by atoms with van der Waals surface area (Å²) < 4.78 is 5.39. The Labute approximate surface area is 147 Å². The Morgan fingerprint density at radius 1 is 1.28 bits per heavy atom. The second kappa shape index (κ2) is 7.20. The Kier molecular flexibility index (Phi) is 4.82. The number of unbranched alkanes of at least 4 members (excludes halogenated alkanes) is 1. The lowest BCUT2D eigenvalue weighted by Crippen LogP contribution is -2.13. The first-order chi connectivity index (χ1) is 12.2. The quantitative estimate of drug-likeness (QED) is 0.458. The van der Waals surface area contributed by atoms with Gasteiger partial charge in [-0.05, 0) is 29.2 Å². The summed E-state index contributed by atoms with van der Waals surface area (Å²) in [5.41, 5.74) is 4.00. The lowest BCUT2D eigenvalue weighted by molar-refractivity contribution is 0.0500. The average Bonchev–Trinajstić information content (AvgIpc) is 2.98. The number of hydrogen-bond acceptors (Lipinski definition) is 3. The molecule has 2 unspecified atom stereocenters. The molecule has 0 spiro atoms. The molecule has 0 aliphatic heterocycles. The zero-order chi connectivity index (χ0) is 17.8. The Balaban J connectivity index is 2.11. The topological polar surface area (TPSA) is 54.5 Å². The van der Waals surface area contributed by atoms with Crippen LogP contribution in [0.1, 0.15) is 47.2 Å². The normalized spacial score (nSPS) is 15.4. The molecular formula is C21H18N2O2. The number of nitriles is 1. The lowest BCUT2D eigenvalue weighted by atomic mass is 9.90. The molecule has 25 heavy (non-hydrogen) atoms. The van der Waals surface area contributed by atoms with Crippen molar-refractivity contribution in [3.05, 3.63) is 70.6 Å². The van der Waals surface area contributed by atoms with Crippen LogP contribution in [0.4, 0.5) is 0 Å². The van der Waals surface area contributed by atoms with Gasteiger partial charge in [-0.1, -0.05) is 49.7 Å². The highest BCUT2D eigenvalue weighted by atomic mass is 16.5. The SMILES string of the molecule is [C-]#[N+]C(C#N)C1c2ccccc2-c2c(C(=O)OCCCC)cccc21. The van der Waals surface area contributed by atoms with Gasteiger partial charge in [-0.15, -0.1) is 0 Å². The Bertz CT molecular complexity index is 875. The van der Waals surface area contributed by atoms with Gasteiger partial charge in [0.1, 0.15) is 0 Å². The number of hydrogen-bond donors (Lipinski definition) is 0. The summed E-state index contributed by atoms with van der Waals surface area (Å²) in [5.74, 6) is -0.686. The van der Waals surface area contributed by atoms with Gasteiger partial charge in [0.15, 0.2) is 6.07 Å². The predicted molar refractivity (Wildman–Crippen MR) is 94.9 cm³/mol. The van der Waals surface area contributed by atoms with Crippen molar-refractivity contribution in [2.75, 3.05) is 6.61 Å². The minimum Gasteiger partial charge on any atom is -0.462 e. The van der Waals surface area contributed by atoms with E-state index in [0.717, 1.165) is 35.1 Å². The number of ether oxygens (including phenoxy) is 1. The van der Waals surface area contributed by atoms with Crippen LogP contribution in [-0.4, -0.2) is 18.6 Å². The second-order valence-electron chi connectivity index (χ2n) is 6.03. The summed E-state index contributed by atoms with van der Waals surface area (Å²) in [6, 6.07) is 14.4. The molecule has 3 rings (SSSR count). The van der Waals surface area contributed by atoms with E-state index < -0.39 is 6.04 Å². The van der Waals surface area contributed by atoms with Crippen LogP contribution in [-0.2, 0) is 4.74 Å². The molecule has 0 heterocycles. The highest BCUT2D eigenvalue weighted by Crippen LogP contribution is 2.48. The Hall–Kier alpha value is -3.11. The molecule has 0 saturated heterocycles. The van der Waals surface area contributed by atoms with E-state index in [1.54, 1.807) is 12.1 Å². The van der Waals surface area contributed by atoms with Crippen LogP contribution in [0.2, 0.25) is 0 Å². The summed E-state index contributed by atoms with van der Waals surface area (Å²) in [7, 11) is 0. The number of carbonyl (C=O) groups is 1. The minimum absolute atomic E-state index is 0.336. The third kappa shape index (κ3) is 2.88. The second-order valence-corrected chi connectivity index (χ2v) is 6.03. The molecular weight excluding hydrogens is 312 g/mol. The Morgan fingerprint density at radius 3 is 2.76 bits per heavy atom. The van der Waals surface area contributed by atoms with E-state index in [1.165, 1.54) is 0 Å². The van der Waals surface area contributed by atoms with E-state index in [2.05, 4.69) is 10.9 Å². The van der Waals surface area contributed by atoms with Crippen molar-refractivity contribution in [2.45, 2.75) is 31.7 Å². The fourth-order valence-corrected chi connectivity index (χ4v) is 3.37. The largest absolute Gasteiger partial charge is 0.462 e. The molecule has 2 atom stereocenters. The number of fused-ring (bicyclic) bond motifs is 3. The van der Waals surface area contributed by atoms with Crippen molar-refractivity contribution >= 4 is 5.97 Å². The summed E-state index contributed by atoms with van der Waals surface area (Å²) in [4.78, 5) is 16.1. The monoisotopic (exact) mass is 330 g/mol. The van der Waals surface area contributed by atoms with Crippen LogP contribution in [0.25, 0.3) is 16.0 Å². The van der Waals surface area contributed by atoms with Crippen molar-refractivity contribution in [3.8, 4) is 17.2 Å². The van der Waals surface area contributed by atoms with Gasteiger partial charge in [0.2, 0.25) is 0 Å². The van der Waals surface area contributed by atoms with Crippen LogP contribution >= 0.6 is 0 Å². The van der Waals surface area contributed by atoms with Crippen LogP contribution in [0.3, 0.4) is 0 Å². The molecule has 2 aromatic carbocycles. The molecule has 124 valence electrons. The highest BCUT2D eigenvalue weighted by Gasteiger charge is 2.40. The smallest absolute Gasteiger partial charge is 0.338 e. The summed E-state index contributed by atoms with van der Waals surface area (Å²) >= 11 is 0. The molecule has 2 aromatic rings. The molecule has 0 aromatic heterocycles. The maximum Gasteiger partial charge on any atom is 0.338 e. The Morgan fingerprint density at radius 2 is 2.04 bits per heavy atom. The first kappa shape index (κ1) is 16.7. The van der Waals surface area contributed by atoms with Crippen molar-refractivity contribution in [1.29, 1.82) is 5.26 Å². The fraction of sp³-hybridized carbons (Fsp3) is 0.286. The van der Waals surface area contributed by atoms with E-state index in [-0.39, 0.29) is 11.9 Å². The van der Waals surface area contributed by atoms with E-state index in [1.807, 2.05) is 37.3 Å². The molecule has 1 aliphatic rings. The van der Waals surface area contributed by atoms with Crippen molar-refractivity contribution in [2.24, 2.45) is 0 Å². The van der Waals surface area contributed by atoms with Crippen LogP contribution < -0.4 is 0 Å². The van der Waals surface area contributed by atoms with Gasteiger partial charge >= 0.3 is 12.0 Å². The van der Waals surface area contributed by atoms with Crippen LogP contribution in [0, 0.1) is 17.9 Å². The van der Waals surface area contributed by atoms with Gasteiger partial charge in [-0.25, -0.2) is 11.4 Å². The highest BCUT2D eigenvalue weighted by molar-refractivity contribution is 6.00. The predicted octanol–water partition coefficient (Wildman–Crippen LogP) is 4.57. The first-order valence-electron chi connectivity index (χ1n) is 8.38. The molecule has 0 radical (unpaired) electrons. The van der Waals surface area contributed by atoms with E-state index in [0.29, 0.717) is 12.2 Å². The maximum atomic E-state index is 12.6. The van der Waals surface area contributed by atoms with Crippen molar-refractivity contribution in [3.63, 3.8) is 0 Å². The molecule has 1 aliphatic carbocycles. The molecule has 0 N–H and O–H groups in total. The number of carbonyl (C=O) groups excluding carboxylic acids is 1. The van der Waals surface area contributed by atoms with Gasteiger partial charge in [0, 0.05) is 5.56 Å². The molecule has 4 heteroatoms. The summed E-state index contributed by atoms with van der Waals surface area (Å²) in [5, 5.41) is 9.40. The van der Waals surface area contributed by atoms with Gasteiger partial charge in [-0.2, -0.15) is 5.26 Å². The van der Waals surface area contributed by atoms with Gasteiger partial charge in [0.05, 0.1) is 18.1 Å². The number of benzene rings is 2. The van der Waals surface area contributed by atoms with E-state index >= 15 is 0 Å². The number of esters is 1. The van der Waals surface area contributed by atoms with E-state index in [9.17, 15) is 10.1 Å².